The lowest BCUT2D eigenvalue weighted by Crippen LogP contribution is -2.48. The summed E-state index contributed by atoms with van der Waals surface area (Å²) in [4.78, 5) is 13.1. The minimum Gasteiger partial charge on any atom is -0.316 e. The van der Waals surface area contributed by atoms with E-state index >= 15 is 0 Å². The molecule has 2 aromatic rings. The predicted octanol–water partition coefficient (Wildman–Crippen LogP) is 4.56. The third-order valence-corrected chi connectivity index (χ3v) is 7.84. The van der Waals surface area contributed by atoms with Crippen molar-refractivity contribution >= 4 is 22.7 Å². The molecule has 2 atom stereocenters. The Kier molecular flexibility index (Phi) is 5.15. The van der Waals surface area contributed by atoms with Gasteiger partial charge in [0.05, 0.1) is 5.92 Å². The quantitative estimate of drug-likeness (QED) is 0.770. The van der Waals surface area contributed by atoms with E-state index in [-0.39, 0.29) is 17.6 Å². The number of hydrogen-bond donors (Lipinski definition) is 1. The molecule has 156 valence electrons. The summed E-state index contributed by atoms with van der Waals surface area (Å²) in [7, 11) is 0. The summed E-state index contributed by atoms with van der Waals surface area (Å²) in [5.74, 6) is -0.329. The van der Waals surface area contributed by atoms with Crippen LogP contribution in [-0.4, -0.2) is 29.0 Å². The van der Waals surface area contributed by atoms with Crippen molar-refractivity contribution in [1.29, 1.82) is 0 Å². The number of benzene rings is 2. The molecular weight excluding hydrogens is 397 g/mol. The van der Waals surface area contributed by atoms with Crippen LogP contribution in [0.2, 0.25) is 0 Å². The number of amides is 1. The van der Waals surface area contributed by atoms with Crippen molar-refractivity contribution in [3.05, 3.63) is 70.5 Å². The van der Waals surface area contributed by atoms with Gasteiger partial charge in [0.2, 0.25) is 5.91 Å². The van der Waals surface area contributed by atoms with Crippen LogP contribution in [-0.2, 0) is 16.1 Å². The lowest BCUT2D eigenvalue weighted by molar-refractivity contribution is -0.140. The van der Waals surface area contributed by atoms with E-state index in [4.69, 9.17) is 5.10 Å². The number of halogens is 1. The fourth-order valence-electron chi connectivity index (χ4n) is 4.87. The first-order chi connectivity index (χ1) is 14.6. The normalized spacial score (nSPS) is 25.9. The highest BCUT2D eigenvalue weighted by Gasteiger charge is 2.51. The molecule has 2 aromatic carbocycles. The number of hydrogen-bond acceptors (Lipinski definition) is 4. The number of aryl methyl sites for hydroxylation is 2. The lowest BCUT2D eigenvalue weighted by Gasteiger charge is -2.41. The molecule has 0 bridgehead atoms. The van der Waals surface area contributed by atoms with E-state index < -0.39 is 4.87 Å². The van der Waals surface area contributed by atoms with Crippen molar-refractivity contribution in [2.75, 3.05) is 13.1 Å². The van der Waals surface area contributed by atoms with Gasteiger partial charge < -0.3 is 5.32 Å². The molecule has 0 aromatic heterocycles. The fourth-order valence-corrected chi connectivity index (χ4v) is 6.35. The van der Waals surface area contributed by atoms with E-state index in [9.17, 15) is 9.18 Å². The van der Waals surface area contributed by atoms with Gasteiger partial charge in [-0.2, -0.15) is 5.10 Å². The van der Waals surface area contributed by atoms with Crippen LogP contribution in [0.15, 0.2) is 47.6 Å². The summed E-state index contributed by atoms with van der Waals surface area (Å²) in [6.07, 6.45) is 4.66. The van der Waals surface area contributed by atoms with E-state index in [2.05, 4.69) is 23.5 Å². The minimum atomic E-state index is -0.588. The molecule has 1 fully saturated rings. The number of nitrogens with zero attached hydrogens (tertiary/aromatic N) is 2. The van der Waals surface area contributed by atoms with Crippen LogP contribution in [0.1, 0.15) is 47.9 Å². The van der Waals surface area contributed by atoms with Crippen molar-refractivity contribution < 1.29 is 9.18 Å². The van der Waals surface area contributed by atoms with Gasteiger partial charge in [-0.3, -0.25) is 4.79 Å². The first-order valence-corrected chi connectivity index (χ1v) is 11.6. The summed E-state index contributed by atoms with van der Waals surface area (Å²) >= 11 is 1.55. The average molecular weight is 424 g/mol. The van der Waals surface area contributed by atoms with Crippen LogP contribution < -0.4 is 5.32 Å². The van der Waals surface area contributed by atoms with E-state index in [1.54, 1.807) is 22.8 Å². The first-order valence-electron chi connectivity index (χ1n) is 10.8. The zero-order valence-electron chi connectivity index (χ0n) is 17.2. The van der Waals surface area contributed by atoms with Gasteiger partial charge in [0, 0.05) is 12.1 Å². The monoisotopic (exact) mass is 423 g/mol. The number of rotatable bonds is 2. The molecule has 6 heteroatoms. The number of fused-ring (bicyclic) bond motifs is 2. The van der Waals surface area contributed by atoms with Gasteiger partial charge in [0.1, 0.15) is 15.7 Å². The second-order valence-corrected chi connectivity index (χ2v) is 9.75. The number of carbonyl (C=O) groups excluding carboxylic acids is 1. The zero-order valence-corrected chi connectivity index (χ0v) is 18.0. The van der Waals surface area contributed by atoms with Gasteiger partial charge in [-0.25, -0.2) is 9.40 Å². The Morgan fingerprint density at radius 1 is 1.27 bits per heavy atom. The molecule has 2 aliphatic heterocycles. The smallest absolute Gasteiger partial charge is 0.248 e. The summed E-state index contributed by atoms with van der Waals surface area (Å²) in [6.45, 7) is 3.59. The predicted molar refractivity (Wildman–Crippen MR) is 119 cm³/mol. The van der Waals surface area contributed by atoms with Crippen LogP contribution in [0, 0.1) is 18.7 Å². The maximum atomic E-state index is 14.7. The Hall–Kier alpha value is -2.18. The van der Waals surface area contributed by atoms with Crippen LogP contribution in [0.5, 0.6) is 0 Å². The maximum absolute atomic E-state index is 14.7. The molecule has 4 nitrogen and oxygen atoms in total. The molecule has 1 aliphatic carbocycles. The molecule has 2 unspecified atom stereocenters. The number of carbonyl (C=O) groups is 1. The van der Waals surface area contributed by atoms with Gasteiger partial charge in [-0.05, 0) is 68.8 Å². The van der Waals surface area contributed by atoms with E-state index in [0.717, 1.165) is 49.8 Å². The summed E-state index contributed by atoms with van der Waals surface area (Å²) < 4.78 is 14.7. The fraction of sp³-hybridized carbons (Fsp3) is 0.417. The van der Waals surface area contributed by atoms with Crippen LogP contribution in [0.25, 0.3) is 0 Å². The standard InChI is InChI=1S/C24H26FN3OS/c1-16-10-11-21(25)19(14-16)22-27-28(23(29)18-8-5-13-26-15-18)24(30-22)12-4-7-17-6-2-3-9-20(17)24/h2-3,6,9-11,14,18,26H,4-5,7-8,12-13,15H2,1H3. The number of nitrogens with one attached hydrogen (secondary N) is 1. The lowest BCUT2D eigenvalue weighted by atomic mass is 9.86. The molecule has 2 heterocycles. The number of hydrazone groups is 1. The molecule has 1 amide bonds. The van der Waals surface area contributed by atoms with Crippen molar-refractivity contribution in [2.45, 2.75) is 43.9 Å². The summed E-state index contributed by atoms with van der Waals surface area (Å²) in [5.41, 5.74) is 3.87. The molecule has 1 spiro atoms. The van der Waals surface area contributed by atoms with Gasteiger partial charge >= 0.3 is 0 Å². The average Bonchev–Trinajstić information content (AvgIpc) is 3.15. The van der Waals surface area contributed by atoms with E-state index in [0.29, 0.717) is 17.2 Å². The van der Waals surface area contributed by atoms with Crippen LogP contribution in [0.3, 0.4) is 0 Å². The zero-order chi connectivity index (χ0) is 20.7. The molecule has 5 rings (SSSR count). The van der Waals surface area contributed by atoms with E-state index in [1.807, 2.05) is 19.1 Å². The largest absolute Gasteiger partial charge is 0.316 e. The Balaban J connectivity index is 1.62. The van der Waals surface area contributed by atoms with Gasteiger partial charge in [-0.1, -0.05) is 47.7 Å². The third kappa shape index (κ3) is 3.26. The second-order valence-electron chi connectivity index (χ2n) is 8.48. The second kappa shape index (κ2) is 7.82. The van der Waals surface area contributed by atoms with Gasteiger partial charge in [0.15, 0.2) is 0 Å². The molecule has 0 saturated carbocycles. The van der Waals surface area contributed by atoms with Gasteiger partial charge in [-0.15, -0.1) is 0 Å². The first kappa shape index (κ1) is 19.8. The Morgan fingerprint density at radius 3 is 2.97 bits per heavy atom. The molecule has 30 heavy (non-hydrogen) atoms. The van der Waals surface area contributed by atoms with E-state index in [1.165, 1.54) is 11.6 Å². The highest BCUT2D eigenvalue weighted by atomic mass is 32.2. The van der Waals surface area contributed by atoms with Crippen molar-refractivity contribution in [2.24, 2.45) is 11.0 Å². The summed E-state index contributed by atoms with van der Waals surface area (Å²) in [6, 6.07) is 13.4. The molecule has 0 radical (unpaired) electrons. The third-order valence-electron chi connectivity index (χ3n) is 6.41. The van der Waals surface area contributed by atoms with Crippen LogP contribution in [0.4, 0.5) is 4.39 Å². The maximum Gasteiger partial charge on any atom is 0.248 e. The molecule has 1 saturated heterocycles. The van der Waals surface area contributed by atoms with Crippen molar-refractivity contribution in [3.63, 3.8) is 0 Å². The number of piperidine rings is 1. The highest BCUT2D eigenvalue weighted by Crippen LogP contribution is 2.54. The topological polar surface area (TPSA) is 44.7 Å². The number of thioether (sulfide) groups is 1. The Morgan fingerprint density at radius 2 is 2.13 bits per heavy atom. The molecule has 3 aliphatic rings. The molecule has 1 N–H and O–H groups in total. The SMILES string of the molecule is Cc1ccc(F)c(C2=NN(C(=O)C3CCCNC3)C3(CCCc4ccccc43)S2)c1. The van der Waals surface area contributed by atoms with Crippen molar-refractivity contribution in [3.8, 4) is 0 Å². The van der Waals surface area contributed by atoms with Crippen molar-refractivity contribution in [1.82, 2.24) is 10.3 Å². The molecular formula is C24H26FN3OS. The Labute approximate surface area is 180 Å². The summed E-state index contributed by atoms with van der Waals surface area (Å²) in [5, 5.41) is 10.5. The Bertz CT molecular complexity index is 1020. The van der Waals surface area contributed by atoms with Gasteiger partial charge in [0.25, 0.3) is 0 Å². The highest BCUT2D eigenvalue weighted by molar-refractivity contribution is 8.15. The minimum absolute atomic E-state index is 0.0504. The van der Waals surface area contributed by atoms with Crippen LogP contribution >= 0.6 is 11.8 Å².